The molecule has 0 aromatic heterocycles. The van der Waals surface area contributed by atoms with Gasteiger partial charge in [-0.3, -0.25) is 0 Å². The Hall–Kier alpha value is -2.09. The highest BCUT2D eigenvalue weighted by Gasteiger charge is 2.15. The highest BCUT2D eigenvalue weighted by Crippen LogP contribution is 2.10. The van der Waals surface area contributed by atoms with Crippen LogP contribution in [0.2, 0.25) is 0 Å². The molecule has 5 heteroatoms. The van der Waals surface area contributed by atoms with Crippen LogP contribution in [0, 0.1) is 17.1 Å². The third kappa shape index (κ3) is 5.38. The summed E-state index contributed by atoms with van der Waals surface area (Å²) in [4.78, 5) is 11.4. The molecule has 0 heterocycles. The van der Waals surface area contributed by atoms with Crippen molar-refractivity contribution in [3.8, 4) is 6.07 Å². The van der Waals surface area contributed by atoms with Gasteiger partial charge in [0.15, 0.2) is 0 Å². The third-order valence-corrected chi connectivity index (χ3v) is 2.24. The Balaban J connectivity index is 2.44. The van der Waals surface area contributed by atoms with E-state index in [1.54, 1.807) is 32.9 Å². The zero-order valence-electron chi connectivity index (χ0n) is 11.3. The SMILES string of the molecule is CC(C)(C)OC(=O)NCCc1ccc(C#N)c(F)c1. The van der Waals surface area contributed by atoms with E-state index in [2.05, 4.69) is 5.32 Å². The van der Waals surface area contributed by atoms with Crippen LogP contribution < -0.4 is 5.32 Å². The Morgan fingerprint density at radius 2 is 2.16 bits per heavy atom. The first-order valence-corrected chi connectivity index (χ1v) is 5.97. The quantitative estimate of drug-likeness (QED) is 0.913. The number of hydrogen-bond acceptors (Lipinski definition) is 3. The molecule has 1 aromatic rings. The van der Waals surface area contributed by atoms with E-state index in [9.17, 15) is 9.18 Å². The van der Waals surface area contributed by atoms with E-state index in [1.807, 2.05) is 0 Å². The van der Waals surface area contributed by atoms with E-state index in [4.69, 9.17) is 10.00 Å². The summed E-state index contributed by atoms with van der Waals surface area (Å²) in [7, 11) is 0. The lowest BCUT2D eigenvalue weighted by molar-refractivity contribution is 0.0528. The standard InChI is InChI=1S/C14H17FN2O2/c1-14(2,3)19-13(18)17-7-6-10-4-5-11(9-16)12(15)8-10/h4-5,8H,6-7H2,1-3H3,(H,17,18). The molecular weight excluding hydrogens is 247 g/mol. The van der Waals surface area contributed by atoms with Crippen molar-refractivity contribution in [1.82, 2.24) is 5.32 Å². The molecule has 0 aliphatic carbocycles. The minimum Gasteiger partial charge on any atom is -0.444 e. The molecule has 0 aliphatic heterocycles. The van der Waals surface area contributed by atoms with E-state index in [-0.39, 0.29) is 5.56 Å². The van der Waals surface area contributed by atoms with Crippen molar-refractivity contribution in [2.75, 3.05) is 6.54 Å². The fraction of sp³-hybridized carbons (Fsp3) is 0.429. The number of alkyl carbamates (subject to hydrolysis) is 1. The fourth-order valence-corrected chi connectivity index (χ4v) is 1.43. The van der Waals surface area contributed by atoms with Crippen molar-refractivity contribution in [2.24, 2.45) is 0 Å². The Morgan fingerprint density at radius 3 is 2.68 bits per heavy atom. The largest absolute Gasteiger partial charge is 0.444 e. The van der Waals surface area contributed by atoms with Crippen LogP contribution in [0.1, 0.15) is 31.9 Å². The van der Waals surface area contributed by atoms with Crippen molar-refractivity contribution >= 4 is 6.09 Å². The van der Waals surface area contributed by atoms with Gasteiger partial charge in [0.05, 0.1) is 5.56 Å². The molecule has 0 spiro atoms. The van der Waals surface area contributed by atoms with Crippen molar-refractivity contribution in [2.45, 2.75) is 32.8 Å². The zero-order chi connectivity index (χ0) is 14.5. The second-order valence-electron chi connectivity index (χ2n) is 5.10. The molecule has 19 heavy (non-hydrogen) atoms. The summed E-state index contributed by atoms with van der Waals surface area (Å²) >= 11 is 0. The average molecular weight is 264 g/mol. The summed E-state index contributed by atoms with van der Waals surface area (Å²) in [5.41, 5.74) is 0.196. The van der Waals surface area contributed by atoms with Crippen LogP contribution in [-0.4, -0.2) is 18.2 Å². The molecule has 1 amide bonds. The lowest BCUT2D eigenvalue weighted by Crippen LogP contribution is -2.33. The maximum Gasteiger partial charge on any atom is 0.407 e. The molecule has 0 fully saturated rings. The number of carbonyl (C=O) groups excluding carboxylic acids is 1. The number of nitrogens with one attached hydrogen (secondary N) is 1. The third-order valence-electron chi connectivity index (χ3n) is 2.24. The first-order chi connectivity index (χ1) is 8.81. The summed E-state index contributed by atoms with van der Waals surface area (Å²) in [5, 5.41) is 11.2. The highest BCUT2D eigenvalue weighted by atomic mass is 19.1. The molecular formula is C14H17FN2O2. The summed E-state index contributed by atoms with van der Waals surface area (Å²) < 4.78 is 18.4. The van der Waals surface area contributed by atoms with Crippen molar-refractivity contribution in [1.29, 1.82) is 5.26 Å². The van der Waals surface area contributed by atoms with E-state index in [1.165, 1.54) is 12.1 Å². The average Bonchev–Trinajstić information content (AvgIpc) is 2.26. The molecule has 0 saturated heterocycles. The van der Waals surface area contributed by atoms with E-state index in [0.29, 0.717) is 18.5 Å². The van der Waals surface area contributed by atoms with Crippen LogP contribution in [-0.2, 0) is 11.2 Å². The number of carbonyl (C=O) groups is 1. The van der Waals surface area contributed by atoms with Gasteiger partial charge in [-0.2, -0.15) is 5.26 Å². The minimum absolute atomic E-state index is 0.0175. The van der Waals surface area contributed by atoms with Crippen LogP contribution in [0.25, 0.3) is 0 Å². The van der Waals surface area contributed by atoms with Gasteiger partial charge < -0.3 is 10.1 Å². The van der Waals surface area contributed by atoms with Crippen LogP contribution in [0.3, 0.4) is 0 Å². The van der Waals surface area contributed by atoms with Crippen LogP contribution >= 0.6 is 0 Å². The topological polar surface area (TPSA) is 62.1 Å². The fourth-order valence-electron chi connectivity index (χ4n) is 1.43. The first-order valence-electron chi connectivity index (χ1n) is 5.97. The first kappa shape index (κ1) is 15.0. The normalized spacial score (nSPS) is 10.7. The molecule has 1 rings (SSSR count). The van der Waals surface area contributed by atoms with Crippen molar-refractivity contribution in [3.63, 3.8) is 0 Å². The second kappa shape index (κ2) is 6.19. The van der Waals surface area contributed by atoms with Crippen molar-refractivity contribution in [3.05, 3.63) is 35.1 Å². The number of amides is 1. The van der Waals surface area contributed by atoms with Crippen LogP contribution in [0.5, 0.6) is 0 Å². The summed E-state index contributed by atoms with van der Waals surface area (Å²) in [6.45, 7) is 5.69. The predicted octanol–water partition coefficient (Wildman–Crippen LogP) is 2.76. The van der Waals surface area contributed by atoms with E-state index >= 15 is 0 Å². The van der Waals surface area contributed by atoms with E-state index < -0.39 is 17.5 Å². The van der Waals surface area contributed by atoms with Gasteiger partial charge >= 0.3 is 6.09 Å². The lowest BCUT2D eigenvalue weighted by Gasteiger charge is -2.19. The molecule has 102 valence electrons. The predicted molar refractivity (Wildman–Crippen MR) is 69.1 cm³/mol. The molecule has 0 unspecified atom stereocenters. The smallest absolute Gasteiger partial charge is 0.407 e. The molecule has 1 N–H and O–H groups in total. The second-order valence-corrected chi connectivity index (χ2v) is 5.10. The number of ether oxygens (including phenoxy) is 1. The summed E-state index contributed by atoms with van der Waals surface area (Å²) in [5.74, 6) is -0.544. The molecule has 0 radical (unpaired) electrons. The zero-order valence-corrected chi connectivity index (χ0v) is 11.3. The van der Waals surface area contributed by atoms with Crippen LogP contribution in [0.4, 0.5) is 9.18 Å². The number of benzene rings is 1. The Labute approximate surface area is 112 Å². The molecule has 0 atom stereocenters. The number of hydrogen-bond donors (Lipinski definition) is 1. The summed E-state index contributed by atoms with van der Waals surface area (Å²) in [6, 6.07) is 6.15. The van der Waals surface area contributed by atoms with Gasteiger partial charge in [0.25, 0.3) is 0 Å². The minimum atomic E-state index is -0.544. The van der Waals surface area contributed by atoms with Gasteiger partial charge in [-0.1, -0.05) is 6.07 Å². The van der Waals surface area contributed by atoms with Crippen LogP contribution in [0.15, 0.2) is 18.2 Å². The van der Waals surface area contributed by atoms with Gasteiger partial charge in [0.2, 0.25) is 0 Å². The maximum absolute atomic E-state index is 13.3. The lowest BCUT2D eigenvalue weighted by atomic mass is 10.1. The number of halogens is 1. The van der Waals surface area contributed by atoms with Gasteiger partial charge in [-0.05, 0) is 44.9 Å². The number of nitriles is 1. The molecule has 1 aromatic carbocycles. The molecule has 0 aliphatic rings. The van der Waals surface area contributed by atoms with Gasteiger partial charge in [-0.25, -0.2) is 9.18 Å². The molecule has 4 nitrogen and oxygen atoms in total. The van der Waals surface area contributed by atoms with Gasteiger partial charge in [0.1, 0.15) is 17.5 Å². The maximum atomic E-state index is 13.3. The Kier molecular flexibility index (Phi) is 4.87. The monoisotopic (exact) mass is 264 g/mol. The highest BCUT2D eigenvalue weighted by molar-refractivity contribution is 5.67. The Morgan fingerprint density at radius 1 is 1.47 bits per heavy atom. The Bertz CT molecular complexity index is 501. The van der Waals surface area contributed by atoms with Crippen molar-refractivity contribution < 1.29 is 13.9 Å². The van der Waals surface area contributed by atoms with Gasteiger partial charge in [-0.15, -0.1) is 0 Å². The van der Waals surface area contributed by atoms with Gasteiger partial charge in [0, 0.05) is 6.54 Å². The number of rotatable bonds is 3. The number of nitrogens with zero attached hydrogens (tertiary/aromatic N) is 1. The molecule has 0 bridgehead atoms. The summed E-state index contributed by atoms with van der Waals surface area (Å²) in [6.07, 6.45) is -0.0244. The molecule has 0 saturated carbocycles. The van der Waals surface area contributed by atoms with E-state index in [0.717, 1.165) is 0 Å².